The third-order valence-electron chi connectivity index (χ3n) is 1.49. The predicted octanol–water partition coefficient (Wildman–Crippen LogP) is 2.52. The summed E-state index contributed by atoms with van der Waals surface area (Å²) in [5.74, 6) is -0.502. The molecule has 1 aromatic rings. The van der Waals surface area contributed by atoms with Crippen LogP contribution in [0.2, 0.25) is 0 Å². The SMILES string of the molecule is O=C(O)C(Cl)COc1ccccc1Br. The second-order valence-corrected chi connectivity index (χ2v) is 3.93. The van der Waals surface area contributed by atoms with Gasteiger partial charge in [0, 0.05) is 0 Å². The molecule has 0 saturated heterocycles. The van der Waals surface area contributed by atoms with E-state index >= 15 is 0 Å². The Bertz CT molecular complexity index is 330. The first-order chi connectivity index (χ1) is 6.61. The number of hydrogen-bond donors (Lipinski definition) is 1. The number of para-hydroxylation sites is 1. The van der Waals surface area contributed by atoms with Gasteiger partial charge in [0.1, 0.15) is 12.4 Å². The van der Waals surface area contributed by atoms with Gasteiger partial charge in [0.2, 0.25) is 0 Å². The van der Waals surface area contributed by atoms with Crippen molar-refractivity contribution in [1.29, 1.82) is 0 Å². The lowest BCUT2D eigenvalue weighted by Crippen LogP contribution is -2.21. The van der Waals surface area contributed by atoms with Crippen molar-refractivity contribution in [3.05, 3.63) is 28.7 Å². The molecule has 1 N–H and O–H groups in total. The average molecular weight is 280 g/mol. The van der Waals surface area contributed by atoms with E-state index in [-0.39, 0.29) is 6.61 Å². The number of ether oxygens (including phenoxy) is 1. The normalized spacial score (nSPS) is 12.1. The summed E-state index contributed by atoms with van der Waals surface area (Å²) in [7, 11) is 0. The molecule has 0 radical (unpaired) electrons. The molecule has 0 heterocycles. The van der Waals surface area contributed by atoms with Gasteiger partial charge >= 0.3 is 5.97 Å². The Morgan fingerprint density at radius 1 is 1.57 bits per heavy atom. The maximum absolute atomic E-state index is 10.4. The van der Waals surface area contributed by atoms with Crippen LogP contribution < -0.4 is 4.74 Å². The summed E-state index contributed by atoms with van der Waals surface area (Å²) in [5, 5.41) is 7.48. The fraction of sp³-hybridized carbons (Fsp3) is 0.222. The summed E-state index contributed by atoms with van der Waals surface area (Å²) < 4.78 is 5.97. The number of halogens is 2. The molecule has 0 aromatic heterocycles. The van der Waals surface area contributed by atoms with E-state index < -0.39 is 11.3 Å². The summed E-state index contributed by atoms with van der Waals surface area (Å²) in [6.07, 6.45) is 0. The molecule has 1 unspecified atom stereocenters. The van der Waals surface area contributed by atoms with Crippen LogP contribution in [0.1, 0.15) is 0 Å². The maximum atomic E-state index is 10.4. The smallest absolute Gasteiger partial charge is 0.325 e. The molecule has 1 aromatic carbocycles. The lowest BCUT2D eigenvalue weighted by Gasteiger charge is -2.08. The van der Waals surface area contributed by atoms with Crippen LogP contribution in [-0.2, 0) is 4.79 Å². The minimum Gasteiger partial charge on any atom is -0.490 e. The predicted molar refractivity (Wildman–Crippen MR) is 56.9 cm³/mol. The van der Waals surface area contributed by atoms with Crippen LogP contribution in [0.15, 0.2) is 28.7 Å². The van der Waals surface area contributed by atoms with E-state index in [1.807, 2.05) is 6.07 Å². The van der Waals surface area contributed by atoms with Crippen molar-refractivity contribution < 1.29 is 14.6 Å². The fourth-order valence-electron chi connectivity index (χ4n) is 0.796. The lowest BCUT2D eigenvalue weighted by molar-refractivity contribution is -0.137. The highest BCUT2D eigenvalue weighted by atomic mass is 79.9. The second kappa shape index (κ2) is 5.22. The molecule has 0 aliphatic carbocycles. The van der Waals surface area contributed by atoms with Gasteiger partial charge in [0.05, 0.1) is 4.47 Å². The quantitative estimate of drug-likeness (QED) is 0.862. The third-order valence-corrected chi connectivity index (χ3v) is 2.46. The Morgan fingerprint density at radius 2 is 2.21 bits per heavy atom. The fourth-order valence-corrected chi connectivity index (χ4v) is 1.26. The molecule has 0 aliphatic rings. The average Bonchev–Trinajstić information content (AvgIpc) is 2.16. The lowest BCUT2D eigenvalue weighted by atomic mass is 10.3. The summed E-state index contributed by atoms with van der Waals surface area (Å²) in [6, 6.07) is 7.17. The van der Waals surface area contributed by atoms with Gasteiger partial charge in [-0.2, -0.15) is 0 Å². The number of alkyl halides is 1. The van der Waals surface area contributed by atoms with Gasteiger partial charge in [-0.1, -0.05) is 12.1 Å². The third kappa shape index (κ3) is 3.20. The minimum absolute atomic E-state index is 0.0560. The zero-order valence-electron chi connectivity index (χ0n) is 7.11. The summed E-state index contributed by atoms with van der Waals surface area (Å²) in [6.45, 7) is -0.0560. The molecule has 0 fully saturated rings. The molecule has 3 nitrogen and oxygen atoms in total. The number of aliphatic carboxylic acids is 1. The number of carboxylic acid groups (broad SMARTS) is 1. The van der Waals surface area contributed by atoms with Gasteiger partial charge in [-0.15, -0.1) is 11.6 Å². The Balaban J connectivity index is 2.54. The van der Waals surface area contributed by atoms with Gasteiger partial charge < -0.3 is 9.84 Å². The first kappa shape index (κ1) is 11.3. The zero-order valence-corrected chi connectivity index (χ0v) is 9.46. The number of carboxylic acids is 1. The number of rotatable bonds is 4. The first-order valence-corrected chi connectivity index (χ1v) is 5.08. The highest BCUT2D eigenvalue weighted by molar-refractivity contribution is 9.10. The van der Waals surface area contributed by atoms with E-state index in [1.54, 1.807) is 18.2 Å². The van der Waals surface area contributed by atoms with Gasteiger partial charge in [-0.25, -0.2) is 0 Å². The first-order valence-electron chi connectivity index (χ1n) is 3.85. The highest BCUT2D eigenvalue weighted by Crippen LogP contribution is 2.24. The molecule has 0 bridgehead atoms. The van der Waals surface area contributed by atoms with Crippen LogP contribution in [0.25, 0.3) is 0 Å². The van der Waals surface area contributed by atoms with E-state index in [2.05, 4.69) is 15.9 Å². The van der Waals surface area contributed by atoms with Crippen molar-refractivity contribution in [2.24, 2.45) is 0 Å². The molecule has 0 saturated carbocycles. The largest absolute Gasteiger partial charge is 0.490 e. The van der Waals surface area contributed by atoms with E-state index in [1.165, 1.54) is 0 Å². The molecule has 0 amide bonds. The van der Waals surface area contributed by atoms with Crippen molar-refractivity contribution >= 4 is 33.5 Å². The van der Waals surface area contributed by atoms with E-state index in [4.69, 9.17) is 21.4 Å². The van der Waals surface area contributed by atoms with Crippen molar-refractivity contribution in [3.63, 3.8) is 0 Å². The Labute approximate surface area is 94.8 Å². The van der Waals surface area contributed by atoms with Crippen molar-refractivity contribution in [2.45, 2.75) is 5.38 Å². The van der Waals surface area contributed by atoms with Crippen LogP contribution in [0.4, 0.5) is 0 Å². The van der Waals surface area contributed by atoms with Crippen LogP contribution in [0.5, 0.6) is 5.75 Å². The van der Waals surface area contributed by atoms with Crippen molar-refractivity contribution in [3.8, 4) is 5.75 Å². The van der Waals surface area contributed by atoms with Gasteiger partial charge in [0.15, 0.2) is 5.38 Å². The van der Waals surface area contributed by atoms with Crippen LogP contribution >= 0.6 is 27.5 Å². The second-order valence-electron chi connectivity index (χ2n) is 2.55. The van der Waals surface area contributed by atoms with Crippen LogP contribution in [-0.4, -0.2) is 23.1 Å². The van der Waals surface area contributed by atoms with E-state index in [9.17, 15) is 4.79 Å². The molecular formula is C9H8BrClO3. The summed E-state index contributed by atoms with van der Waals surface area (Å²) in [5.41, 5.74) is 0. The molecule has 5 heteroatoms. The molecule has 14 heavy (non-hydrogen) atoms. The molecular weight excluding hydrogens is 271 g/mol. The van der Waals surface area contributed by atoms with E-state index in [0.717, 1.165) is 4.47 Å². The van der Waals surface area contributed by atoms with Crippen molar-refractivity contribution in [1.82, 2.24) is 0 Å². The molecule has 0 spiro atoms. The van der Waals surface area contributed by atoms with Crippen LogP contribution in [0, 0.1) is 0 Å². The zero-order chi connectivity index (χ0) is 10.6. The van der Waals surface area contributed by atoms with Crippen LogP contribution in [0.3, 0.4) is 0 Å². The Morgan fingerprint density at radius 3 is 2.79 bits per heavy atom. The highest BCUT2D eigenvalue weighted by Gasteiger charge is 2.14. The van der Waals surface area contributed by atoms with Gasteiger partial charge in [0.25, 0.3) is 0 Å². The van der Waals surface area contributed by atoms with E-state index in [0.29, 0.717) is 5.75 Å². The standard InChI is InChI=1S/C9H8BrClO3/c10-6-3-1-2-4-8(6)14-5-7(11)9(12)13/h1-4,7H,5H2,(H,12,13). The van der Waals surface area contributed by atoms with Gasteiger partial charge in [-0.3, -0.25) is 4.79 Å². The minimum atomic E-state index is -1.08. The molecule has 1 atom stereocenters. The maximum Gasteiger partial charge on any atom is 0.325 e. The molecule has 1 rings (SSSR count). The van der Waals surface area contributed by atoms with Gasteiger partial charge in [-0.05, 0) is 28.1 Å². The monoisotopic (exact) mass is 278 g/mol. The number of hydrogen-bond acceptors (Lipinski definition) is 2. The topological polar surface area (TPSA) is 46.5 Å². The van der Waals surface area contributed by atoms with Crippen molar-refractivity contribution in [2.75, 3.05) is 6.61 Å². The molecule has 0 aliphatic heterocycles. The Hall–Kier alpha value is -0.740. The summed E-state index contributed by atoms with van der Waals surface area (Å²) >= 11 is 8.75. The number of benzene rings is 1. The Kier molecular flexibility index (Phi) is 4.22. The summed E-state index contributed by atoms with van der Waals surface area (Å²) in [4.78, 5) is 10.4. The molecule has 76 valence electrons. The number of carbonyl (C=O) groups is 1.